The third-order valence-corrected chi connectivity index (χ3v) is 2.28. The van der Waals surface area contributed by atoms with Crippen molar-refractivity contribution in [2.24, 2.45) is 5.73 Å². The van der Waals surface area contributed by atoms with Crippen molar-refractivity contribution in [2.75, 3.05) is 0 Å². The van der Waals surface area contributed by atoms with Crippen LogP contribution in [0.4, 0.5) is 4.39 Å². The standard InChI is InChI=1S/C12H13FN2O/c1-8(14)11-7-16-12(15-11)6-9-3-2-4-10(13)5-9/h2-5,7-8H,6,14H2,1H3. The Morgan fingerprint density at radius 2 is 2.31 bits per heavy atom. The molecule has 0 radical (unpaired) electrons. The van der Waals surface area contributed by atoms with Gasteiger partial charge in [0.1, 0.15) is 12.1 Å². The summed E-state index contributed by atoms with van der Waals surface area (Å²) in [7, 11) is 0. The van der Waals surface area contributed by atoms with Gasteiger partial charge >= 0.3 is 0 Å². The van der Waals surface area contributed by atoms with Gasteiger partial charge in [0.2, 0.25) is 0 Å². The maximum absolute atomic E-state index is 12.9. The molecule has 0 saturated carbocycles. The third-order valence-electron chi connectivity index (χ3n) is 2.28. The summed E-state index contributed by atoms with van der Waals surface area (Å²) in [6.07, 6.45) is 2.02. The number of rotatable bonds is 3. The van der Waals surface area contributed by atoms with Gasteiger partial charge in [-0.25, -0.2) is 9.37 Å². The van der Waals surface area contributed by atoms with Gasteiger partial charge in [-0.2, -0.15) is 0 Å². The predicted molar refractivity (Wildman–Crippen MR) is 58.3 cm³/mol. The fraction of sp³-hybridized carbons (Fsp3) is 0.250. The average molecular weight is 220 g/mol. The highest BCUT2D eigenvalue weighted by Crippen LogP contribution is 2.13. The van der Waals surface area contributed by atoms with E-state index in [0.717, 1.165) is 5.56 Å². The lowest BCUT2D eigenvalue weighted by Crippen LogP contribution is -2.05. The molecule has 2 rings (SSSR count). The number of benzene rings is 1. The first-order valence-corrected chi connectivity index (χ1v) is 5.09. The van der Waals surface area contributed by atoms with Gasteiger partial charge in [-0.05, 0) is 24.6 Å². The predicted octanol–water partition coefficient (Wildman–Crippen LogP) is 2.42. The second-order valence-corrected chi connectivity index (χ2v) is 3.76. The summed E-state index contributed by atoms with van der Waals surface area (Å²) < 4.78 is 18.2. The van der Waals surface area contributed by atoms with E-state index in [0.29, 0.717) is 18.0 Å². The lowest BCUT2D eigenvalue weighted by atomic mass is 10.1. The van der Waals surface area contributed by atoms with Crippen molar-refractivity contribution in [3.63, 3.8) is 0 Å². The largest absolute Gasteiger partial charge is 0.448 e. The van der Waals surface area contributed by atoms with E-state index in [1.807, 2.05) is 13.0 Å². The molecule has 0 aliphatic carbocycles. The molecule has 0 aliphatic rings. The molecule has 0 bridgehead atoms. The fourth-order valence-corrected chi connectivity index (χ4v) is 1.44. The Hall–Kier alpha value is -1.68. The van der Waals surface area contributed by atoms with Gasteiger partial charge in [0.25, 0.3) is 0 Å². The summed E-state index contributed by atoms with van der Waals surface area (Å²) in [6, 6.07) is 6.23. The van der Waals surface area contributed by atoms with Crippen molar-refractivity contribution in [1.82, 2.24) is 4.98 Å². The molecule has 1 heterocycles. The smallest absolute Gasteiger partial charge is 0.198 e. The van der Waals surface area contributed by atoms with Gasteiger partial charge in [0.15, 0.2) is 5.89 Å². The van der Waals surface area contributed by atoms with E-state index < -0.39 is 0 Å². The lowest BCUT2D eigenvalue weighted by molar-refractivity contribution is 0.505. The summed E-state index contributed by atoms with van der Waals surface area (Å²) in [5, 5.41) is 0. The molecular formula is C12H13FN2O. The molecule has 4 heteroatoms. The second kappa shape index (κ2) is 4.45. The van der Waals surface area contributed by atoms with Gasteiger partial charge in [0, 0.05) is 12.5 Å². The van der Waals surface area contributed by atoms with Crippen molar-refractivity contribution in [1.29, 1.82) is 0 Å². The van der Waals surface area contributed by atoms with Crippen molar-refractivity contribution in [3.05, 3.63) is 53.5 Å². The van der Waals surface area contributed by atoms with Crippen molar-refractivity contribution >= 4 is 0 Å². The number of aromatic nitrogens is 1. The highest BCUT2D eigenvalue weighted by molar-refractivity contribution is 5.19. The zero-order valence-electron chi connectivity index (χ0n) is 8.98. The molecule has 2 aromatic rings. The normalized spacial score (nSPS) is 12.7. The zero-order valence-corrected chi connectivity index (χ0v) is 8.98. The molecule has 1 atom stereocenters. The Morgan fingerprint density at radius 1 is 1.50 bits per heavy atom. The molecule has 1 aromatic carbocycles. The minimum Gasteiger partial charge on any atom is -0.448 e. The van der Waals surface area contributed by atoms with E-state index in [4.69, 9.17) is 10.2 Å². The number of halogens is 1. The molecule has 3 nitrogen and oxygen atoms in total. The Morgan fingerprint density at radius 3 is 2.94 bits per heavy atom. The van der Waals surface area contributed by atoms with Crippen LogP contribution in [0.3, 0.4) is 0 Å². The fourth-order valence-electron chi connectivity index (χ4n) is 1.44. The zero-order chi connectivity index (χ0) is 11.5. The molecule has 0 aliphatic heterocycles. The van der Waals surface area contributed by atoms with Gasteiger partial charge in [-0.1, -0.05) is 12.1 Å². The maximum atomic E-state index is 12.9. The first-order valence-electron chi connectivity index (χ1n) is 5.09. The molecule has 84 valence electrons. The molecule has 0 amide bonds. The van der Waals surface area contributed by atoms with Crippen molar-refractivity contribution in [3.8, 4) is 0 Å². The van der Waals surface area contributed by atoms with Crippen molar-refractivity contribution in [2.45, 2.75) is 19.4 Å². The van der Waals surface area contributed by atoms with Crippen LogP contribution in [0.5, 0.6) is 0 Å². The molecule has 2 N–H and O–H groups in total. The van der Waals surface area contributed by atoms with E-state index >= 15 is 0 Å². The molecule has 16 heavy (non-hydrogen) atoms. The van der Waals surface area contributed by atoms with E-state index in [9.17, 15) is 4.39 Å². The highest BCUT2D eigenvalue weighted by Gasteiger charge is 2.08. The molecular weight excluding hydrogens is 207 g/mol. The van der Waals surface area contributed by atoms with Crippen LogP contribution in [0.15, 0.2) is 34.9 Å². The summed E-state index contributed by atoms with van der Waals surface area (Å²) in [5.41, 5.74) is 7.21. The van der Waals surface area contributed by atoms with Crippen LogP contribution >= 0.6 is 0 Å². The Labute approximate surface area is 93.1 Å². The third kappa shape index (κ3) is 2.46. The first kappa shape index (κ1) is 10.8. The number of oxazole rings is 1. The van der Waals surface area contributed by atoms with Crippen LogP contribution in [-0.2, 0) is 6.42 Å². The molecule has 0 fully saturated rings. The van der Waals surface area contributed by atoms with Crippen LogP contribution in [0, 0.1) is 5.82 Å². The summed E-state index contributed by atoms with van der Waals surface area (Å²) in [5.74, 6) is 0.300. The van der Waals surface area contributed by atoms with Crippen LogP contribution < -0.4 is 5.73 Å². The van der Waals surface area contributed by atoms with Gasteiger partial charge in [-0.15, -0.1) is 0 Å². The lowest BCUT2D eigenvalue weighted by Gasteiger charge is -1.97. The highest BCUT2D eigenvalue weighted by atomic mass is 19.1. The minimum atomic E-state index is -0.253. The first-order chi connectivity index (χ1) is 7.65. The monoisotopic (exact) mass is 220 g/mol. The quantitative estimate of drug-likeness (QED) is 0.864. The van der Waals surface area contributed by atoms with Crippen LogP contribution in [-0.4, -0.2) is 4.98 Å². The number of hydrogen-bond donors (Lipinski definition) is 1. The molecule has 0 saturated heterocycles. The summed E-state index contributed by atoms with van der Waals surface area (Å²) >= 11 is 0. The Balaban J connectivity index is 2.14. The topological polar surface area (TPSA) is 52.0 Å². The molecule has 1 aromatic heterocycles. The van der Waals surface area contributed by atoms with Gasteiger partial charge in [0.05, 0.1) is 5.69 Å². The van der Waals surface area contributed by atoms with Crippen LogP contribution in [0.2, 0.25) is 0 Å². The van der Waals surface area contributed by atoms with Gasteiger partial charge in [-0.3, -0.25) is 0 Å². The van der Waals surface area contributed by atoms with Crippen LogP contribution in [0.25, 0.3) is 0 Å². The SMILES string of the molecule is CC(N)c1coc(Cc2cccc(F)c2)n1. The number of nitrogens with zero attached hydrogens (tertiary/aromatic N) is 1. The van der Waals surface area contributed by atoms with E-state index in [1.165, 1.54) is 12.1 Å². The van der Waals surface area contributed by atoms with Crippen LogP contribution in [0.1, 0.15) is 30.1 Å². The Bertz CT molecular complexity index is 479. The minimum absolute atomic E-state index is 0.148. The van der Waals surface area contributed by atoms with E-state index in [-0.39, 0.29) is 11.9 Å². The summed E-state index contributed by atoms with van der Waals surface area (Å²) in [4.78, 5) is 4.22. The average Bonchev–Trinajstić information content (AvgIpc) is 2.66. The van der Waals surface area contributed by atoms with Crippen molar-refractivity contribution < 1.29 is 8.81 Å². The maximum Gasteiger partial charge on any atom is 0.198 e. The number of hydrogen-bond acceptors (Lipinski definition) is 3. The summed E-state index contributed by atoms with van der Waals surface area (Å²) in [6.45, 7) is 1.84. The molecule has 0 spiro atoms. The Kier molecular flexibility index (Phi) is 3.01. The van der Waals surface area contributed by atoms with E-state index in [2.05, 4.69) is 4.98 Å². The number of nitrogens with two attached hydrogens (primary N) is 1. The van der Waals surface area contributed by atoms with Gasteiger partial charge < -0.3 is 10.2 Å². The molecule has 1 unspecified atom stereocenters. The second-order valence-electron chi connectivity index (χ2n) is 3.76. The van der Waals surface area contributed by atoms with E-state index in [1.54, 1.807) is 12.3 Å².